The first-order chi connectivity index (χ1) is 12.8. The first kappa shape index (κ1) is 19.1. The molecule has 0 amide bonds. The maximum absolute atomic E-state index is 6.36. The summed E-state index contributed by atoms with van der Waals surface area (Å²) >= 11 is 6.36. The van der Waals surface area contributed by atoms with Crippen LogP contribution in [0.4, 0.5) is 0 Å². The highest BCUT2D eigenvalue weighted by Gasteiger charge is 2.10. The summed E-state index contributed by atoms with van der Waals surface area (Å²) in [5.41, 5.74) is 7.36. The Morgan fingerprint density at radius 3 is 1.41 bits per heavy atom. The number of nitrogens with zero attached hydrogens (tertiary/aromatic N) is 5. The summed E-state index contributed by atoms with van der Waals surface area (Å²) in [5.74, 6) is 0. The molecule has 3 aromatic heterocycles. The van der Waals surface area contributed by atoms with Gasteiger partial charge in [0, 0.05) is 27.8 Å². The van der Waals surface area contributed by atoms with Crippen LogP contribution in [0.25, 0.3) is 0 Å². The monoisotopic (exact) mass is 381 g/mol. The summed E-state index contributed by atoms with van der Waals surface area (Å²) in [6, 6.07) is 11.8. The number of aryl methyl sites for hydroxylation is 4. The molecule has 27 heavy (non-hydrogen) atoms. The van der Waals surface area contributed by atoms with Gasteiger partial charge in [-0.2, -0.15) is 10.2 Å². The smallest absolute Gasteiger partial charge is 0.0882 e. The van der Waals surface area contributed by atoms with E-state index in [-0.39, 0.29) is 0 Å². The van der Waals surface area contributed by atoms with Gasteiger partial charge in [0.1, 0.15) is 0 Å². The van der Waals surface area contributed by atoms with Crippen LogP contribution in [-0.4, -0.2) is 25.8 Å². The van der Waals surface area contributed by atoms with Crippen molar-refractivity contribution >= 4 is 23.0 Å². The lowest BCUT2D eigenvalue weighted by atomic mass is 10.2. The standard InChI is InChI=1S/C21H24ClN5/c1-13-7-8-14(2)26(13)24-17(5)20-11-19(22)12-21(23-20)18(6)25-27-15(3)9-10-16(27)4/h7-12H,1-6H3/b24-17-,25-18-. The Labute approximate surface area is 165 Å². The summed E-state index contributed by atoms with van der Waals surface area (Å²) in [4.78, 5) is 4.74. The van der Waals surface area contributed by atoms with Crippen molar-refractivity contribution in [2.75, 3.05) is 0 Å². The molecular weight excluding hydrogens is 358 g/mol. The minimum atomic E-state index is 0.612. The van der Waals surface area contributed by atoms with E-state index in [1.807, 2.05) is 87.3 Å². The van der Waals surface area contributed by atoms with Gasteiger partial charge in [-0.25, -0.2) is 14.3 Å². The molecule has 3 heterocycles. The molecule has 0 fully saturated rings. The largest absolute Gasteiger partial charge is 0.245 e. The molecule has 0 atom stereocenters. The van der Waals surface area contributed by atoms with Gasteiger partial charge in [0.05, 0.1) is 22.8 Å². The molecule has 0 spiro atoms. The third-order valence-electron chi connectivity index (χ3n) is 4.50. The molecule has 3 aromatic rings. The lowest BCUT2D eigenvalue weighted by Crippen LogP contribution is -2.09. The van der Waals surface area contributed by atoms with Crippen molar-refractivity contribution < 1.29 is 0 Å². The van der Waals surface area contributed by atoms with Crippen LogP contribution in [0.5, 0.6) is 0 Å². The molecule has 140 valence electrons. The van der Waals surface area contributed by atoms with Crippen LogP contribution in [0.1, 0.15) is 48.0 Å². The van der Waals surface area contributed by atoms with Crippen LogP contribution >= 0.6 is 11.6 Å². The van der Waals surface area contributed by atoms with E-state index in [1.54, 1.807) is 0 Å². The zero-order chi connectivity index (χ0) is 19.7. The number of hydrogen-bond donors (Lipinski definition) is 0. The molecule has 0 unspecified atom stereocenters. The Balaban J connectivity index is 2.02. The Morgan fingerprint density at radius 2 is 1.07 bits per heavy atom. The van der Waals surface area contributed by atoms with Crippen molar-refractivity contribution in [3.05, 3.63) is 75.6 Å². The molecule has 0 bridgehead atoms. The second kappa shape index (κ2) is 7.53. The van der Waals surface area contributed by atoms with E-state index in [9.17, 15) is 0 Å². The summed E-state index contributed by atoms with van der Waals surface area (Å²) in [6.45, 7) is 12.0. The number of hydrogen-bond acceptors (Lipinski definition) is 3. The molecule has 0 aromatic carbocycles. The minimum absolute atomic E-state index is 0.612. The summed E-state index contributed by atoms with van der Waals surface area (Å²) in [6.07, 6.45) is 0. The fraction of sp³-hybridized carbons (Fsp3) is 0.286. The van der Waals surface area contributed by atoms with E-state index in [2.05, 4.69) is 0 Å². The van der Waals surface area contributed by atoms with Crippen molar-refractivity contribution in [3.8, 4) is 0 Å². The molecule has 3 rings (SSSR count). The van der Waals surface area contributed by atoms with Gasteiger partial charge in [-0.15, -0.1) is 0 Å². The van der Waals surface area contributed by atoms with E-state index in [0.29, 0.717) is 5.02 Å². The van der Waals surface area contributed by atoms with E-state index in [0.717, 1.165) is 45.6 Å². The highest BCUT2D eigenvalue weighted by Crippen LogP contribution is 2.16. The quantitative estimate of drug-likeness (QED) is 0.579. The van der Waals surface area contributed by atoms with Crippen LogP contribution in [0.15, 0.2) is 46.6 Å². The average Bonchev–Trinajstić information content (AvgIpc) is 3.11. The fourth-order valence-electron chi connectivity index (χ4n) is 2.91. The van der Waals surface area contributed by atoms with Gasteiger partial charge < -0.3 is 0 Å². The van der Waals surface area contributed by atoms with Crippen LogP contribution in [0.2, 0.25) is 5.02 Å². The summed E-state index contributed by atoms with van der Waals surface area (Å²) in [7, 11) is 0. The number of pyridine rings is 1. The maximum atomic E-state index is 6.36. The predicted molar refractivity (Wildman–Crippen MR) is 112 cm³/mol. The van der Waals surface area contributed by atoms with E-state index in [1.165, 1.54) is 0 Å². The second-order valence-electron chi connectivity index (χ2n) is 6.78. The van der Waals surface area contributed by atoms with Crippen molar-refractivity contribution in [1.82, 2.24) is 14.3 Å². The molecular formula is C21H24ClN5. The third-order valence-corrected chi connectivity index (χ3v) is 4.72. The Hall–Kier alpha value is -2.66. The zero-order valence-electron chi connectivity index (χ0n) is 16.6. The van der Waals surface area contributed by atoms with Gasteiger partial charge in [0.25, 0.3) is 0 Å². The van der Waals surface area contributed by atoms with Gasteiger partial charge in [-0.1, -0.05) is 11.6 Å². The highest BCUT2D eigenvalue weighted by atomic mass is 35.5. The maximum Gasteiger partial charge on any atom is 0.0882 e. The molecule has 0 N–H and O–H groups in total. The molecule has 0 aliphatic heterocycles. The molecule has 6 heteroatoms. The molecule has 0 aliphatic rings. The third kappa shape index (κ3) is 4.03. The molecule has 0 saturated heterocycles. The van der Waals surface area contributed by atoms with Gasteiger partial charge >= 0.3 is 0 Å². The minimum Gasteiger partial charge on any atom is -0.245 e. The average molecular weight is 382 g/mol. The molecule has 0 aliphatic carbocycles. The van der Waals surface area contributed by atoms with Crippen molar-refractivity contribution in [2.45, 2.75) is 41.5 Å². The van der Waals surface area contributed by atoms with Gasteiger partial charge in [0.2, 0.25) is 0 Å². The number of aromatic nitrogens is 3. The van der Waals surface area contributed by atoms with Crippen molar-refractivity contribution in [3.63, 3.8) is 0 Å². The molecule has 5 nitrogen and oxygen atoms in total. The Morgan fingerprint density at radius 1 is 0.741 bits per heavy atom. The molecule has 0 saturated carbocycles. The van der Waals surface area contributed by atoms with Gasteiger partial charge in [0.15, 0.2) is 0 Å². The highest BCUT2D eigenvalue weighted by molar-refractivity contribution is 6.31. The summed E-state index contributed by atoms with van der Waals surface area (Å²) < 4.78 is 3.82. The first-order valence-electron chi connectivity index (χ1n) is 8.85. The predicted octanol–water partition coefficient (Wildman–Crippen LogP) is 5.12. The van der Waals surface area contributed by atoms with E-state index in [4.69, 9.17) is 26.8 Å². The second-order valence-corrected chi connectivity index (χ2v) is 7.22. The Kier molecular flexibility index (Phi) is 5.33. The van der Waals surface area contributed by atoms with Gasteiger partial charge in [-0.3, -0.25) is 0 Å². The SMILES string of the molecule is C/C(=N/n1c(C)ccc1C)c1cc(Cl)cc(/C(C)=N\n2c(C)ccc2C)n1. The Bertz CT molecular complexity index is 933. The van der Waals surface area contributed by atoms with E-state index < -0.39 is 0 Å². The van der Waals surface area contributed by atoms with E-state index >= 15 is 0 Å². The lowest BCUT2D eigenvalue weighted by molar-refractivity contribution is 0.809. The van der Waals surface area contributed by atoms with Crippen LogP contribution < -0.4 is 0 Å². The lowest BCUT2D eigenvalue weighted by Gasteiger charge is -2.09. The zero-order valence-corrected chi connectivity index (χ0v) is 17.3. The number of halogens is 1. The topological polar surface area (TPSA) is 47.5 Å². The molecule has 0 radical (unpaired) electrons. The van der Waals surface area contributed by atoms with Crippen LogP contribution in [0, 0.1) is 27.7 Å². The van der Waals surface area contributed by atoms with Gasteiger partial charge in [-0.05, 0) is 77.9 Å². The number of rotatable bonds is 4. The normalized spacial score (nSPS) is 12.7. The van der Waals surface area contributed by atoms with Crippen molar-refractivity contribution in [2.24, 2.45) is 10.2 Å². The van der Waals surface area contributed by atoms with Crippen LogP contribution in [-0.2, 0) is 0 Å². The van der Waals surface area contributed by atoms with Crippen molar-refractivity contribution in [1.29, 1.82) is 0 Å². The van der Waals surface area contributed by atoms with Crippen LogP contribution in [0.3, 0.4) is 0 Å². The first-order valence-corrected chi connectivity index (χ1v) is 9.23. The summed E-state index contributed by atoms with van der Waals surface area (Å²) in [5, 5.41) is 10.0. The fourth-order valence-corrected chi connectivity index (χ4v) is 3.11.